The van der Waals surface area contributed by atoms with Crippen molar-refractivity contribution in [2.24, 2.45) is 0 Å². The predicted molar refractivity (Wildman–Crippen MR) is 95.9 cm³/mol. The predicted octanol–water partition coefficient (Wildman–Crippen LogP) is 3.80. The second-order valence-electron chi connectivity index (χ2n) is 6.43. The van der Waals surface area contributed by atoms with E-state index >= 15 is 0 Å². The third-order valence-corrected chi connectivity index (χ3v) is 4.71. The van der Waals surface area contributed by atoms with Gasteiger partial charge in [-0.05, 0) is 30.5 Å². The Labute approximate surface area is 147 Å². The molecular weight excluding hydrogens is 317 g/mol. The Morgan fingerprint density at radius 1 is 1.20 bits per heavy atom. The quantitative estimate of drug-likeness (QED) is 0.900. The first-order valence-corrected chi connectivity index (χ1v) is 8.43. The van der Waals surface area contributed by atoms with Crippen molar-refractivity contribution in [1.29, 1.82) is 5.26 Å². The van der Waals surface area contributed by atoms with Crippen molar-refractivity contribution in [2.75, 3.05) is 25.5 Å². The fourth-order valence-electron chi connectivity index (χ4n) is 3.23. The molecule has 25 heavy (non-hydrogen) atoms. The van der Waals surface area contributed by atoms with E-state index in [0.29, 0.717) is 24.3 Å². The highest BCUT2D eigenvalue weighted by Gasteiger charge is 2.35. The van der Waals surface area contributed by atoms with E-state index < -0.39 is 5.54 Å². The molecule has 0 saturated carbocycles. The fourth-order valence-corrected chi connectivity index (χ4v) is 3.23. The molecule has 1 fully saturated rings. The number of rotatable bonds is 5. The normalized spacial score (nSPS) is 16.8. The molecule has 5 heteroatoms. The van der Waals surface area contributed by atoms with Crippen LogP contribution in [0.15, 0.2) is 48.5 Å². The van der Waals surface area contributed by atoms with Crippen LogP contribution in [-0.2, 0) is 6.54 Å². The van der Waals surface area contributed by atoms with Crippen LogP contribution in [0.4, 0.5) is 10.1 Å². The summed E-state index contributed by atoms with van der Waals surface area (Å²) in [4.78, 5) is 2.36. The zero-order valence-electron chi connectivity index (χ0n) is 14.3. The smallest absolute Gasteiger partial charge is 0.144 e. The van der Waals surface area contributed by atoms with Gasteiger partial charge in [-0.15, -0.1) is 0 Å². The number of hydrogen-bond acceptors (Lipinski definition) is 4. The molecule has 1 heterocycles. The summed E-state index contributed by atoms with van der Waals surface area (Å²) in [6.45, 7) is 2.56. The highest BCUT2D eigenvalue weighted by atomic mass is 19.1. The van der Waals surface area contributed by atoms with Crippen molar-refractivity contribution in [3.63, 3.8) is 0 Å². The Balaban J connectivity index is 1.67. The van der Waals surface area contributed by atoms with E-state index in [4.69, 9.17) is 4.74 Å². The molecule has 3 rings (SSSR count). The molecule has 1 saturated heterocycles. The first-order chi connectivity index (χ1) is 12.1. The lowest BCUT2D eigenvalue weighted by Gasteiger charge is -2.38. The number of methoxy groups -OCH3 is 1. The fraction of sp³-hybridized carbons (Fsp3) is 0.350. The second-order valence-corrected chi connectivity index (χ2v) is 6.43. The molecule has 0 aromatic heterocycles. The zero-order valence-corrected chi connectivity index (χ0v) is 14.3. The van der Waals surface area contributed by atoms with E-state index in [1.807, 2.05) is 18.2 Å². The number of nitrogens with zero attached hydrogens (tertiary/aromatic N) is 2. The lowest BCUT2D eigenvalue weighted by Crippen LogP contribution is -2.48. The van der Waals surface area contributed by atoms with Crippen LogP contribution in [0.25, 0.3) is 0 Å². The zero-order chi connectivity index (χ0) is 17.7. The van der Waals surface area contributed by atoms with Crippen LogP contribution < -0.4 is 10.1 Å². The topological polar surface area (TPSA) is 48.3 Å². The summed E-state index contributed by atoms with van der Waals surface area (Å²) in [6, 6.07) is 17.1. The van der Waals surface area contributed by atoms with Gasteiger partial charge in [-0.25, -0.2) is 4.39 Å². The van der Waals surface area contributed by atoms with E-state index in [-0.39, 0.29) is 5.82 Å². The van der Waals surface area contributed by atoms with Crippen LogP contribution in [0.3, 0.4) is 0 Å². The molecule has 2 aromatic rings. The third kappa shape index (κ3) is 4.09. The van der Waals surface area contributed by atoms with Crippen molar-refractivity contribution in [3.8, 4) is 11.8 Å². The Morgan fingerprint density at radius 2 is 1.92 bits per heavy atom. The first kappa shape index (κ1) is 17.2. The average Bonchev–Trinajstić information content (AvgIpc) is 2.66. The molecular formula is C20H22FN3O. The molecule has 0 unspecified atom stereocenters. The highest BCUT2D eigenvalue weighted by molar-refractivity contribution is 5.59. The van der Waals surface area contributed by atoms with Crippen molar-refractivity contribution in [1.82, 2.24) is 4.90 Å². The minimum Gasteiger partial charge on any atom is -0.494 e. The van der Waals surface area contributed by atoms with Crippen LogP contribution in [-0.4, -0.2) is 30.6 Å². The molecule has 2 aromatic carbocycles. The van der Waals surface area contributed by atoms with E-state index in [1.54, 1.807) is 6.07 Å². The van der Waals surface area contributed by atoms with E-state index in [2.05, 4.69) is 28.4 Å². The van der Waals surface area contributed by atoms with Gasteiger partial charge in [0, 0.05) is 25.7 Å². The molecule has 0 radical (unpaired) electrons. The molecule has 0 spiro atoms. The van der Waals surface area contributed by atoms with Crippen molar-refractivity contribution in [3.05, 3.63) is 59.9 Å². The number of benzene rings is 2. The molecule has 0 amide bonds. The van der Waals surface area contributed by atoms with Gasteiger partial charge in [-0.1, -0.05) is 30.3 Å². The maximum absolute atomic E-state index is 13.4. The second kappa shape index (κ2) is 7.54. The van der Waals surface area contributed by atoms with E-state index in [1.165, 1.54) is 24.8 Å². The van der Waals surface area contributed by atoms with Crippen LogP contribution in [0, 0.1) is 17.1 Å². The minimum absolute atomic E-state index is 0.355. The first-order valence-electron chi connectivity index (χ1n) is 8.43. The Bertz CT molecular complexity index is 749. The van der Waals surface area contributed by atoms with Crippen LogP contribution in [0.2, 0.25) is 0 Å². The number of anilines is 1. The Hall–Kier alpha value is -2.58. The number of halogens is 1. The summed E-state index contributed by atoms with van der Waals surface area (Å²) >= 11 is 0. The SMILES string of the molecule is COc1cc(F)ccc1NC1(C#N)CCN(Cc2ccccc2)CC1. The van der Waals surface area contributed by atoms with Gasteiger partial charge in [-0.3, -0.25) is 4.90 Å². The number of likely N-dealkylation sites (tertiary alicyclic amines) is 1. The molecule has 0 aliphatic carbocycles. The van der Waals surface area contributed by atoms with Gasteiger partial charge in [0.15, 0.2) is 0 Å². The maximum Gasteiger partial charge on any atom is 0.144 e. The largest absolute Gasteiger partial charge is 0.494 e. The summed E-state index contributed by atoms with van der Waals surface area (Å²) in [5, 5.41) is 13.0. The van der Waals surface area contributed by atoms with Gasteiger partial charge < -0.3 is 10.1 Å². The average molecular weight is 339 g/mol. The van der Waals surface area contributed by atoms with Crippen LogP contribution in [0.5, 0.6) is 5.75 Å². The van der Waals surface area contributed by atoms with E-state index in [0.717, 1.165) is 19.6 Å². The molecule has 1 N–H and O–H groups in total. The van der Waals surface area contributed by atoms with Gasteiger partial charge in [0.05, 0.1) is 18.9 Å². The monoisotopic (exact) mass is 339 g/mol. The number of nitriles is 1. The maximum atomic E-state index is 13.4. The van der Waals surface area contributed by atoms with Crippen LogP contribution in [0.1, 0.15) is 18.4 Å². The lowest BCUT2D eigenvalue weighted by molar-refractivity contribution is 0.189. The number of piperidine rings is 1. The van der Waals surface area contributed by atoms with Gasteiger partial charge in [0.1, 0.15) is 17.1 Å². The molecule has 0 atom stereocenters. The summed E-state index contributed by atoms with van der Waals surface area (Å²) in [7, 11) is 1.50. The Kier molecular flexibility index (Phi) is 5.20. The summed E-state index contributed by atoms with van der Waals surface area (Å²) < 4.78 is 18.6. The molecule has 1 aliphatic heterocycles. The standard InChI is InChI=1S/C20H22FN3O/c1-25-19-13-17(21)7-8-18(19)23-20(15-22)9-11-24(12-10-20)14-16-5-3-2-4-6-16/h2-8,13,23H,9-12,14H2,1H3. The van der Waals surface area contributed by atoms with Crippen molar-refractivity contribution >= 4 is 5.69 Å². The molecule has 1 aliphatic rings. The van der Waals surface area contributed by atoms with Crippen molar-refractivity contribution < 1.29 is 9.13 Å². The summed E-state index contributed by atoms with van der Waals surface area (Å²) in [6.07, 6.45) is 1.41. The highest BCUT2D eigenvalue weighted by Crippen LogP contribution is 2.32. The van der Waals surface area contributed by atoms with Gasteiger partial charge in [-0.2, -0.15) is 5.26 Å². The van der Waals surface area contributed by atoms with Crippen LogP contribution >= 0.6 is 0 Å². The minimum atomic E-state index is -0.654. The van der Waals surface area contributed by atoms with E-state index in [9.17, 15) is 9.65 Å². The lowest BCUT2D eigenvalue weighted by atomic mass is 9.88. The Morgan fingerprint density at radius 3 is 2.56 bits per heavy atom. The number of hydrogen-bond donors (Lipinski definition) is 1. The molecule has 130 valence electrons. The number of ether oxygens (including phenoxy) is 1. The summed E-state index contributed by atoms with van der Waals surface area (Å²) in [5.41, 5.74) is 1.28. The van der Waals surface area contributed by atoms with Gasteiger partial charge in [0.25, 0.3) is 0 Å². The summed E-state index contributed by atoms with van der Waals surface area (Å²) in [5.74, 6) is 0.0624. The third-order valence-electron chi connectivity index (χ3n) is 4.71. The number of nitrogens with one attached hydrogen (secondary N) is 1. The molecule has 0 bridgehead atoms. The van der Waals surface area contributed by atoms with Gasteiger partial charge >= 0.3 is 0 Å². The van der Waals surface area contributed by atoms with Crippen molar-refractivity contribution in [2.45, 2.75) is 24.9 Å². The molecule has 4 nitrogen and oxygen atoms in total. The van der Waals surface area contributed by atoms with Gasteiger partial charge in [0.2, 0.25) is 0 Å².